The number of hydrogen-bond acceptors (Lipinski definition) is 2. The fourth-order valence-corrected chi connectivity index (χ4v) is 1.10. The normalized spacial score (nSPS) is 15.7. The summed E-state index contributed by atoms with van der Waals surface area (Å²) in [5.41, 5.74) is 0. The minimum Gasteiger partial charge on any atom is -0.508 e. The number of aliphatic hydroxyl groups excluding tert-OH is 1. The lowest BCUT2D eigenvalue weighted by atomic mass is 10.1. The van der Waals surface area contributed by atoms with Gasteiger partial charge in [0.05, 0.1) is 0 Å². The van der Waals surface area contributed by atoms with Crippen LogP contribution in [0.5, 0.6) is 0 Å². The number of alkyl halides is 3. The molecule has 0 radical (unpaired) electrons. The molecule has 0 aromatic heterocycles. The molecule has 0 bridgehead atoms. The average molecular weight is 324 g/mol. The number of carbonyl (C=O) groups excluding carboxylic acids is 1. The predicted octanol–water partition coefficient (Wildman–Crippen LogP) is 5.08. The van der Waals surface area contributed by atoms with E-state index in [9.17, 15) is 9.90 Å². The molecule has 1 atom stereocenters. The third-order valence-corrected chi connectivity index (χ3v) is 2.80. The maximum atomic E-state index is 11.2. The van der Waals surface area contributed by atoms with Crippen molar-refractivity contribution in [1.82, 2.24) is 0 Å². The number of hydrogen-bond donors (Lipinski definition) is 1. The summed E-state index contributed by atoms with van der Waals surface area (Å²) < 4.78 is -2.04. The van der Waals surface area contributed by atoms with E-state index >= 15 is 0 Å². The van der Waals surface area contributed by atoms with Crippen LogP contribution in [0.25, 0.3) is 0 Å². The molecule has 2 nitrogen and oxygen atoms in total. The standard InChI is InChI=1S/C14H17Cl3O2/c1-3-11(2)8-6-4-5-7-9-12(18)10-13(19)14(15,16)17/h4-11,18H,3H2,1-2H3/b5-4+,8-6+,9-7+,12-10-/t11-/m1/s1. The van der Waals surface area contributed by atoms with Crippen LogP contribution in [0.4, 0.5) is 0 Å². The number of ketones is 1. The molecule has 0 aromatic rings. The van der Waals surface area contributed by atoms with Crippen molar-refractivity contribution in [2.24, 2.45) is 5.92 Å². The molecule has 0 aliphatic rings. The zero-order valence-electron chi connectivity index (χ0n) is 10.8. The third kappa shape index (κ3) is 9.83. The van der Waals surface area contributed by atoms with Gasteiger partial charge in [0.25, 0.3) is 3.79 Å². The Balaban J connectivity index is 4.35. The van der Waals surface area contributed by atoms with Gasteiger partial charge in [0.15, 0.2) is 0 Å². The lowest BCUT2D eigenvalue weighted by Crippen LogP contribution is -2.16. The van der Waals surface area contributed by atoms with Gasteiger partial charge in [-0.25, -0.2) is 0 Å². The highest BCUT2D eigenvalue weighted by Crippen LogP contribution is 2.27. The predicted molar refractivity (Wildman–Crippen MR) is 82.9 cm³/mol. The first-order chi connectivity index (χ1) is 8.77. The zero-order chi connectivity index (χ0) is 14.9. The molecule has 0 saturated carbocycles. The lowest BCUT2D eigenvalue weighted by Gasteiger charge is -2.04. The fourth-order valence-electron chi connectivity index (χ4n) is 0.937. The Morgan fingerprint density at radius 3 is 2.32 bits per heavy atom. The highest BCUT2D eigenvalue weighted by atomic mass is 35.6. The summed E-state index contributed by atoms with van der Waals surface area (Å²) in [5, 5.41) is 9.39. The second-order valence-corrected chi connectivity index (χ2v) is 6.23. The highest BCUT2D eigenvalue weighted by Gasteiger charge is 2.28. The molecule has 19 heavy (non-hydrogen) atoms. The monoisotopic (exact) mass is 322 g/mol. The molecule has 0 rings (SSSR count). The van der Waals surface area contributed by atoms with E-state index < -0.39 is 9.58 Å². The van der Waals surface area contributed by atoms with Crippen molar-refractivity contribution in [3.8, 4) is 0 Å². The van der Waals surface area contributed by atoms with Gasteiger partial charge in [0.1, 0.15) is 5.76 Å². The van der Waals surface area contributed by atoms with Crippen molar-refractivity contribution in [2.75, 3.05) is 0 Å². The van der Waals surface area contributed by atoms with Crippen molar-refractivity contribution in [2.45, 2.75) is 24.1 Å². The van der Waals surface area contributed by atoms with E-state index in [0.717, 1.165) is 12.5 Å². The Kier molecular flexibility index (Phi) is 8.90. The number of allylic oxidation sites excluding steroid dienone is 7. The maximum Gasteiger partial charge on any atom is 0.252 e. The first-order valence-electron chi connectivity index (χ1n) is 5.80. The molecule has 0 aliphatic heterocycles. The van der Waals surface area contributed by atoms with Crippen molar-refractivity contribution in [3.63, 3.8) is 0 Å². The van der Waals surface area contributed by atoms with Gasteiger partial charge in [-0.05, 0) is 12.0 Å². The summed E-state index contributed by atoms with van der Waals surface area (Å²) >= 11 is 16.1. The van der Waals surface area contributed by atoms with Crippen LogP contribution in [-0.2, 0) is 4.79 Å². The van der Waals surface area contributed by atoms with E-state index in [-0.39, 0.29) is 5.76 Å². The number of rotatable bonds is 6. The van der Waals surface area contributed by atoms with Gasteiger partial charge in [-0.1, -0.05) is 85.5 Å². The van der Waals surface area contributed by atoms with Gasteiger partial charge < -0.3 is 5.11 Å². The average Bonchev–Trinajstić information content (AvgIpc) is 2.31. The van der Waals surface area contributed by atoms with Crippen LogP contribution < -0.4 is 0 Å². The van der Waals surface area contributed by atoms with E-state index in [1.54, 1.807) is 12.2 Å². The molecule has 0 aliphatic carbocycles. The van der Waals surface area contributed by atoms with Crippen molar-refractivity contribution in [3.05, 3.63) is 48.3 Å². The Hall–Kier alpha value is -0.700. The minimum atomic E-state index is -2.04. The van der Waals surface area contributed by atoms with Crippen LogP contribution in [0, 0.1) is 5.92 Å². The second-order valence-electron chi connectivity index (χ2n) is 3.95. The molecule has 0 heterocycles. The number of halogens is 3. The fraction of sp³-hybridized carbons (Fsp3) is 0.357. The summed E-state index contributed by atoms with van der Waals surface area (Å²) in [5.74, 6) is -0.531. The van der Waals surface area contributed by atoms with Gasteiger partial charge in [-0.3, -0.25) is 4.79 Å². The molecule has 1 N–H and O–H groups in total. The van der Waals surface area contributed by atoms with Crippen LogP contribution in [0.2, 0.25) is 0 Å². The molecule has 0 saturated heterocycles. The molecule has 0 fully saturated rings. The van der Waals surface area contributed by atoms with Gasteiger partial charge in [0.2, 0.25) is 5.78 Å². The Morgan fingerprint density at radius 1 is 1.21 bits per heavy atom. The third-order valence-electron chi connectivity index (χ3n) is 2.24. The molecule has 0 spiro atoms. The molecule has 0 amide bonds. The smallest absolute Gasteiger partial charge is 0.252 e. The molecular formula is C14H17Cl3O2. The van der Waals surface area contributed by atoms with Gasteiger partial charge in [-0.15, -0.1) is 0 Å². The van der Waals surface area contributed by atoms with E-state index in [0.29, 0.717) is 5.92 Å². The molecule has 106 valence electrons. The van der Waals surface area contributed by atoms with E-state index in [1.165, 1.54) is 6.08 Å². The highest BCUT2D eigenvalue weighted by molar-refractivity contribution is 6.77. The van der Waals surface area contributed by atoms with Crippen LogP contribution in [-0.4, -0.2) is 14.7 Å². The summed E-state index contributed by atoms with van der Waals surface area (Å²) in [6.45, 7) is 4.24. The SMILES string of the molecule is CC[C@@H](C)/C=C/C=C/C=C/C(O)=C/C(=O)C(Cl)(Cl)Cl. The number of aliphatic hydroxyl groups is 1. The Labute approximate surface area is 129 Å². The molecule has 0 unspecified atom stereocenters. The van der Waals surface area contributed by atoms with Crippen LogP contribution in [0.3, 0.4) is 0 Å². The summed E-state index contributed by atoms with van der Waals surface area (Å²) in [6.07, 6.45) is 12.4. The largest absolute Gasteiger partial charge is 0.508 e. The quantitative estimate of drug-likeness (QED) is 0.320. The molecule has 0 aromatic carbocycles. The second kappa shape index (κ2) is 9.24. The molecule has 5 heteroatoms. The van der Waals surface area contributed by atoms with Crippen LogP contribution in [0.15, 0.2) is 48.3 Å². The van der Waals surface area contributed by atoms with E-state index in [4.69, 9.17) is 34.8 Å². The van der Waals surface area contributed by atoms with Gasteiger partial charge >= 0.3 is 0 Å². The van der Waals surface area contributed by atoms with Gasteiger partial charge in [-0.2, -0.15) is 0 Å². The first-order valence-corrected chi connectivity index (χ1v) is 6.94. The summed E-state index contributed by atoms with van der Waals surface area (Å²) in [4.78, 5) is 11.2. The van der Waals surface area contributed by atoms with E-state index in [1.807, 2.05) is 12.2 Å². The van der Waals surface area contributed by atoms with Crippen molar-refractivity contribution in [1.29, 1.82) is 0 Å². The summed E-state index contributed by atoms with van der Waals surface area (Å²) in [6, 6.07) is 0. The summed E-state index contributed by atoms with van der Waals surface area (Å²) in [7, 11) is 0. The molecular weight excluding hydrogens is 307 g/mol. The Bertz CT molecular complexity index is 401. The Morgan fingerprint density at radius 2 is 1.79 bits per heavy atom. The maximum absolute atomic E-state index is 11.2. The van der Waals surface area contributed by atoms with Crippen LogP contribution in [0.1, 0.15) is 20.3 Å². The lowest BCUT2D eigenvalue weighted by molar-refractivity contribution is -0.113. The van der Waals surface area contributed by atoms with E-state index in [2.05, 4.69) is 19.9 Å². The van der Waals surface area contributed by atoms with Gasteiger partial charge in [0, 0.05) is 6.08 Å². The first kappa shape index (κ1) is 18.3. The minimum absolute atomic E-state index is 0.271. The topological polar surface area (TPSA) is 37.3 Å². The van der Waals surface area contributed by atoms with Crippen molar-refractivity contribution >= 4 is 40.6 Å². The van der Waals surface area contributed by atoms with Crippen molar-refractivity contribution < 1.29 is 9.90 Å². The van der Waals surface area contributed by atoms with Crippen LogP contribution >= 0.6 is 34.8 Å². The zero-order valence-corrected chi connectivity index (χ0v) is 13.1. The number of carbonyl (C=O) groups is 1.